The molecule has 0 aliphatic carbocycles. The van der Waals surface area contributed by atoms with Gasteiger partial charge in [-0.1, -0.05) is 0 Å². The van der Waals surface area contributed by atoms with Gasteiger partial charge in [-0.3, -0.25) is 4.98 Å². The minimum Gasteiger partial charge on any atom is -0.394 e. The van der Waals surface area contributed by atoms with Gasteiger partial charge >= 0.3 is 0 Å². The highest BCUT2D eigenvalue weighted by atomic mass is 16.3. The lowest BCUT2D eigenvalue weighted by Crippen LogP contribution is -2.19. The lowest BCUT2D eigenvalue weighted by Gasteiger charge is -2.08. The summed E-state index contributed by atoms with van der Waals surface area (Å²) >= 11 is 0. The predicted molar refractivity (Wildman–Crippen MR) is 50.6 cm³/mol. The molecule has 0 amide bonds. The molecule has 5 heteroatoms. The van der Waals surface area contributed by atoms with Gasteiger partial charge in [0.15, 0.2) is 0 Å². The van der Waals surface area contributed by atoms with Crippen molar-refractivity contribution in [2.45, 2.75) is 12.6 Å². The smallest absolute Gasteiger partial charge is 0.107 e. The van der Waals surface area contributed by atoms with Crippen LogP contribution in [0.4, 0.5) is 0 Å². The van der Waals surface area contributed by atoms with E-state index in [-0.39, 0.29) is 6.61 Å². The van der Waals surface area contributed by atoms with E-state index >= 15 is 0 Å². The number of fused-ring (bicyclic) bond motifs is 1. The van der Waals surface area contributed by atoms with Crippen molar-refractivity contribution >= 4 is 11.0 Å². The quantitative estimate of drug-likeness (QED) is 0.707. The number of hydrogen-bond donors (Lipinski definition) is 2. The zero-order valence-corrected chi connectivity index (χ0v) is 7.54. The number of pyridine rings is 1. The number of aliphatic hydroxyl groups excluding tert-OH is 2. The minimum atomic E-state index is -0.749. The first-order valence-corrected chi connectivity index (χ1v) is 4.35. The summed E-state index contributed by atoms with van der Waals surface area (Å²) in [6.45, 7) is 0.0990. The molecule has 2 aromatic rings. The first-order chi connectivity index (χ1) is 6.81. The second-order valence-electron chi connectivity index (χ2n) is 3.10. The van der Waals surface area contributed by atoms with Crippen LogP contribution in [0.3, 0.4) is 0 Å². The van der Waals surface area contributed by atoms with Crippen molar-refractivity contribution in [3.63, 3.8) is 0 Å². The van der Waals surface area contributed by atoms with E-state index in [9.17, 15) is 5.11 Å². The van der Waals surface area contributed by atoms with E-state index in [1.807, 2.05) is 6.07 Å². The van der Waals surface area contributed by atoms with E-state index in [0.29, 0.717) is 6.54 Å². The number of aliphatic hydroxyl groups is 2. The first kappa shape index (κ1) is 9.11. The number of hydrogen-bond acceptors (Lipinski definition) is 4. The van der Waals surface area contributed by atoms with Crippen molar-refractivity contribution in [2.24, 2.45) is 0 Å². The van der Waals surface area contributed by atoms with Crippen LogP contribution in [0.2, 0.25) is 0 Å². The summed E-state index contributed by atoms with van der Waals surface area (Å²) in [7, 11) is 0. The highest BCUT2D eigenvalue weighted by Crippen LogP contribution is 2.10. The molecule has 2 rings (SSSR count). The van der Waals surface area contributed by atoms with E-state index in [2.05, 4.69) is 9.97 Å². The van der Waals surface area contributed by atoms with Crippen LogP contribution in [-0.4, -0.2) is 37.5 Å². The monoisotopic (exact) mass is 193 g/mol. The Bertz CT molecular complexity index is 427. The molecule has 0 spiro atoms. The fourth-order valence-corrected chi connectivity index (χ4v) is 1.35. The molecule has 0 aliphatic heterocycles. The van der Waals surface area contributed by atoms with Gasteiger partial charge in [-0.15, -0.1) is 0 Å². The Morgan fingerprint density at radius 3 is 3.14 bits per heavy atom. The summed E-state index contributed by atoms with van der Waals surface area (Å²) in [5.74, 6) is 0. The highest BCUT2D eigenvalue weighted by Gasteiger charge is 2.06. The van der Waals surface area contributed by atoms with E-state index in [1.165, 1.54) is 0 Å². The van der Waals surface area contributed by atoms with E-state index in [0.717, 1.165) is 11.0 Å². The van der Waals surface area contributed by atoms with Crippen LogP contribution in [0, 0.1) is 0 Å². The van der Waals surface area contributed by atoms with Crippen molar-refractivity contribution in [1.82, 2.24) is 14.5 Å². The lowest BCUT2D eigenvalue weighted by atomic mass is 10.3. The Labute approximate surface area is 80.7 Å². The van der Waals surface area contributed by atoms with Crippen LogP contribution < -0.4 is 0 Å². The molecule has 0 bridgehead atoms. The third kappa shape index (κ3) is 1.59. The molecule has 0 radical (unpaired) electrons. The van der Waals surface area contributed by atoms with Crippen LogP contribution in [0.1, 0.15) is 0 Å². The molecule has 0 saturated heterocycles. The Morgan fingerprint density at radius 1 is 1.50 bits per heavy atom. The standard InChI is InChI=1S/C9H11N3O2/c13-5-7(14)4-12-6-11-8-3-10-2-1-9(8)12/h1-3,6-7,13-14H,4-5H2/t7-/m0/s1. The molecule has 0 aromatic carbocycles. The summed E-state index contributed by atoms with van der Waals surface area (Å²) in [6.07, 6.45) is 4.22. The number of aromatic nitrogens is 3. The van der Waals surface area contributed by atoms with E-state index in [4.69, 9.17) is 5.11 Å². The molecule has 2 heterocycles. The number of rotatable bonds is 3. The normalized spacial score (nSPS) is 13.3. The van der Waals surface area contributed by atoms with Crippen molar-refractivity contribution in [3.8, 4) is 0 Å². The molecule has 0 fully saturated rings. The third-order valence-corrected chi connectivity index (χ3v) is 2.04. The van der Waals surface area contributed by atoms with Crippen LogP contribution in [-0.2, 0) is 6.54 Å². The van der Waals surface area contributed by atoms with Gasteiger partial charge in [0.25, 0.3) is 0 Å². The van der Waals surface area contributed by atoms with Crippen LogP contribution in [0.15, 0.2) is 24.8 Å². The summed E-state index contributed by atoms with van der Waals surface area (Å²) in [4.78, 5) is 8.05. The first-order valence-electron chi connectivity index (χ1n) is 4.35. The van der Waals surface area contributed by atoms with Crippen LogP contribution in [0.5, 0.6) is 0 Å². The van der Waals surface area contributed by atoms with Crippen LogP contribution in [0.25, 0.3) is 11.0 Å². The average Bonchev–Trinajstić information content (AvgIpc) is 2.62. The molecule has 2 N–H and O–H groups in total. The zero-order chi connectivity index (χ0) is 9.97. The Morgan fingerprint density at radius 2 is 2.36 bits per heavy atom. The van der Waals surface area contributed by atoms with Gasteiger partial charge < -0.3 is 14.8 Å². The number of imidazole rings is 1. The Balaban J connectivity index is 2.33. The molecule has 74 valence electrons. The molecular weight excluding hydrogens is 182 g/mol. The van der Waals surface area contributed by atoms with Gasteiger partial charge in [-0.05, 0) is 6.07 Å². The lowest BCUT2D eigenvalue weighted by molar-refractivity contribution is 0.0821. The molecule has 0 saturated carbocycles. The molecule has 5 nitrogen and oxygen atoms in total. The average molecular weight is 193 g/mol. The molecule has 0 unspecified atom stereocenters. The molecule has 2 aromatic heterocycles. The SMILES string of the molecule is OC[C@@H](O)Cn1cnc2cnccc21. The second-order valence-corrected chi connectivity index (χ2v) is 3.10. The van der Waals surface area contributed by atoms with Crippen LogP contribution >= 0.6 is 0 Å². The second kappa shape index (κ2) is 3.73. The summed E-state index contributed by atoms with van der Waals surface area (Å²) < 4.78 is 1.79. The molecule has 0 aliphatic rings. The maximum absolute atomic E-state index is 9.27. The minimum absolute atomic E-state index is 0.245. The fraction of sp³-hybridized carbons (Fsp3) is 0.333. The van der Waals surface area contributed by atoms with Gasteiger partial charge in [0.1, 0.15) is 5.52 Å². The van der Waals surface area contributed by atoms with Gasteiger partial charge in [0.05, 0.1) is 37.3 Å². The topological polar surface area (TPSA) is 71.2 Å². The zero-order valence-electron chi connectivity index (χ0n) is 7.54. The third-order valence-electron chi connectivity index (χ3n) is 2.04. The van der Waals surface area contributed by atoms with E-state index < -0.39 is 6.10 Å². The summed E-state index contributed by atoms with van der Waals surface area (Å²) in [5.41, 5.74) is 1.70. The summed E-state index contributed by atoms with van der Waals surface area (Å²) in [6, 6.07) is 1.83. The van der Waals surface area contributed by atoms with Crippen molar-refractivity contribution in [3.05, 3.63) is 24.8 Å². The Hall–Kier alpha value is -1.46. The maximum atomic E-state index is 9.27. The maximum Gasteiger partial charge on any atom is 0.107 e. The Kier molecular flexibility index (Phi) is 2.43. The van der Waals surface area contributed by atoms with Crippen molar-refractivity contribution in [2.75, 3.05) is 6.61 Å². The largest absolute Gasteiger partial charge is 0.394 e. The fourth-order valence-electron chi connectivity index (χ4n) is 1.35. The van der Waals surface area contributed by atoms with Gasteiger partial charge in [-0.25, -0.2) is 4.98 Å². The molecular formula is C9H11N3O2. The highest BCUT2D eigenvalue weighted by molar-refractivity contribution is 5.73. The van der Waals surface area contributed by atoms with Gasteiger partial charge in [-0.2, -0.15) is 0 Å². The van der Waals surface area contributed by atoms with Gasteiger partial charge in [0, 0.05) is 6.20 Å². The predicted octanol–water partition coefficient (Wildman–Crippen LogP) is -0.216. The van der Waals surface area contributed by atoms with Crippen molar-refractivity contribution in [1.29, 1.82) is 0 Å². The van der Waals surface area contributed by atoms with E-state index in [1.54, 1.807) is 23.3 Å². The summed E-state index contributed by atoms with van der Waals surface area (Å²) in [5, 5.41) is 18.0. The number of nitrogens with zero attached hydrogens (tertiary/aromatic N) is 3. The van der Waals surface area contributed by atoms with Crippen molar-refractivity contribution < 1.29 is 10.2 Å². The van der Waals surface area contributed by atoms with Gasteiger partial charge in [0.2, 0.25) is 0 Å². The molecule has 14 heavy (non-hydrogen) atoms. The molecule has 1 atom stereocenters.